The lowest BCUT2D eigenvalue weighted by atomic mass is 9.98. The highest BCUT2D eigenvalue weighted by Gasteiger charge is 2.28. The fraction of sp³-hybridized carbons (Fsp3) is 0.133. The summed E-state index contributed by atoms with van der Waals surface area (Å²) in [5.74, 6) is 0.0879. The van der Waals surface area contributed by atoms with Gasteiger partial charge in [-0.1, -0.05) is 48.5 Å². The number of hydrogen-bond acceptors (Lipinski definition) is 2. The van der Waals surface area contributed by atoms with Gasteiger partial charge in [-0.25, -0.2) is 4.79 Å². The Morgan fingerprint density at radius 3 is 2.00 bits per heavy atom. The number of benzene rings is 2. The van der Waals surface area contributed by atoms with E-state index in [-0.39, 0.29) is 5.92 Å². The van der Waals surface area contributed by atoms with Gasteiger partial charge in [-0.2, -0.15) is 0 Å². The molecule has 0 bridgehead atoms. The molecule has 1 aliphatic carbocycles. The summed E-state index contributed by atoms with van der Waals surface area (Å²) < 4.78 is 4.98. The molecule has 0 heterocycles. The predicted octanol–water partition coefficient (Wildman–Crippen LogP) is 2.89. The van der Waals surface area contributed by atoms with Gasteiger partial charge in [0, 0.05) is 5.92 Å². The molecule has 2 N–H and O–H groups in total. The van der Waals surface area contributed by atoms with E-state index in [0.29, 0.717) is 6.61 Å². The van der Waals surface area contributed by atoms with Crippen LogP contribution in [0.5, 0.6) is 0 Å². The van der Waals surface area contributed by atoms with Crippen LogP contribution < -0.4 is 5.73 Å². The molecule has 0 saturated carbocycles. The standard InChI is InChI=1S/C15H13NO2/c16-15(17)18-9-14-12-7-3-1-5-10(12)11-6-2-4-8-13(11)14/h1-8,14H,9H2,(H2,16,17)/i16+1. The highest BCUT2D eigenvalue weighted by Crippen LogP contribution is 2.44. The van der Waals surface area contributed by atoms with Gasteiger partial charge >= 0.3 is 6.09 Å². The van der Waals surface area contributed by atoms with Crippen LogP contribution in [0.2, 0.25) is 0 Å². The van der Waals surface area contributed by atoms with Crippen molar-refractivity contribution in [3.05, 3.63) is 59.7 Å². The first-order valence-electron chi connectivity index (χ1n) is 5.88. The van der Waals surface area contributed by atoms with Crippen molar-refractivity contribution < 1.29 is 9.53 Å². The van der Waals surface area contributed by atoms with Gasteiger partial charge in [-0.3, -0.25) is 0 Å². The van der Waals surface area contributed by atoms with Gasteiger partial charge in [0.15, 0.2) is 0 Å². The number of nitrogens with two attached hydrogens (primary N) is 1. The second kappa shape index (κ2) is 4.18. The van der Waals surface area contributed by atoms with Crippen molar-refractivity contribution in [2.24, 2.45) is 5.73 Å². The lowest BCUT2D eigenvalue weighted by molar-refractivity contribution is 0.153. The lowest BCUT2D eigenvalue weighted by Gasteiger charge is -2.12. The zero-order chi connectivity index (χ0) is 12.5. The average Bonchev–Trinajstić information content (AvgIpc) is 2.71. The first-order valence-corrected chi connectivity index (χ1v) is 5.88. The molecule has 0 saturated heterocycles. The molecule has 1 amide bonds. The summed E-state index contributed by atoms with van der Waals surface area (Å²) >= 11 is 0. The van der Waals surface area contributed by atoms with Gasteiger partial charge in [0.1, 0.15) is 6.61 Å². The Morgan fingerprint density at radius 2 is 1.50 bits per heavy atom. The van der Waals surface area contributed by atoms with Crippen LogP contribution in [0.4, 0.5) is 4.79 Å². The fourth-order valence-corrected chi connectivity index (χ4v) is 2.60. The van der Waals surface area contributed by atoms with Crippen LogP contribution >= 0.6 is 0 Å². The molecular formula is C15H13NO2. The summed E-state index contributed by atoms with van der Waals surface area (Å²) in [4.78, 5) is 10.8. The number of rotatable bonds is 2. The minimum atomic E-state index is -0.725. The predicted molar refractivity (Wildman–Crippen MR) is 69.3 cm³/mol. The molecule has 0 fully saturated rings. The number of carbonyl (C=O) groups is 1. The fourth-order valence-electron chi connectivity index (χ4n) is 2.60. The number of carbonyl (C=O) groups excluding carboxylic acids is 1. The van der Waals surface area contributed by atoms with Gasteiger partial charge < -0.3 is 10.5 Å². The Balaban J connectivity index is 2.06. The molecule has 2 aromatic rings. The van der Waals surface area contributed by atoms with E-state index < -0.39 is 6.09 Å². The quantitative estimate of drug-likeness (QED) is 0.820. The first kappa shape index (κ1) is 10.8. The number of ether oxygens (including phenoxy) is 1. The van der Waals surface area contributed by atoms with Gasteiger partial charge in [-0.15, -0.1) is 0 Å². The molecule has 3 rings (SSSR count). The largest absolute Gasteiger partial charge is 0.449 e. The molecule has 0 aliphatic heterocycles. The molecule has 0 unspecified atom stereocenters. The van der Waals surface area contributed by atoms with Crippen LogP contribution in [-0.2, 0) is 4.74 Å². The Labute approximate surface area is 105 Å². The zero-order valence-corrected chi connectivity index (χ0v) is 9.80. The van der Waals surface area contributed by atoms with Crippen LogP contribution in [0.3, 0.4) is 0 Å². The van der Waals surface area contributed by atoms with E-state index in [9.17, 15) is 4.79 Å². The minimum absolute atomic E-state index is 0.0879. The van der Waals surface area contributed by atoms with Gasteiger partial charge in [0.05, 0.1) is 0 Å². The van der Waals surface area contributed by atoms with Gasteiger partial charge in [-0.05, 0) is 22.3 Å². The molecule has 2 aromatic carbocycles. The van der Waals surface area contributed by atoms with Crippen molar-refractivity contribution in [2.75, 3.05) is 6.61 Å². The van der Waals surface area contributed by atoms with Crippen molar-refractivity contribution in [1.29, 1.82) is 0 Å². The molecule has 0 radical (unpaired) electrons. The van der Waals surface area contributed by atoms with E-state index >= 15 is 0 Å². The molecule has 3 nitrogen and oxygen atoms in total. The van der Waals surface area contributed by atoms with E-state index in [4.69, 9.17) is 10.5 Å². The van der Waals surface area contributed by atoms with E-state index in [1.54, 1.807) is 0 Å². The maximum atomic E-state index is 10.8. The van der Waals surface area contributed by atoms with Crippen molar-refractivity contribution in [2.45, 2.75) is 5.92 Å². The number of amides is 1. The van der Waals surface area contributed by atoms with Crippen molar-refractivity contribution in [3.8, 4) is 11.1 Å². The summed E-state index contributed by atoms with van der Waals surface area (Å²) in [7, 11) is 0. The second-order valence-corrected chi connectivity index (χ2v) is 4.36. The molecule has 3 heteroatoms. The smallest absolute Gasteiger partial charge is 0.404 e. The average molecular weight is 240 g/mol. The normalized spacial score (nSPS) is 12.9. The monoisotopic (exact) mass is 240 g/mol. The highest BCUT2D eigenvalue weighted by atomic mass is 16.6. The third-order valence-electron chi connectivity index (χ3n) is 3.35. The SMILES string of the molecule is [15NH2]C(=O)OCC1c2ccccc2-c2ccccc21. The third-order valence-corrected chi connectivity index (χ3v) is 3.35. The Kier molecular flexibility index (Phi) is 2.52. The topological polar surface area (TPSA) is 52.3 Å². The maximum absolute atomic E-state index is 10.8. The van der Waals surface area contributed by atoms with E-state index in [1.165, 1.54) is 22.3 Å². The zero-order valence-electron chi connectivity index (χ0n) is 9.80. The Morgan fingerprint density at radius 1 is 1.00 bits per heavy atom. The molecular weight excluding hydrogens is 227 g/mol. The Hall–Kier alpha value is -2.29. The summed E-state index contributed by atoms with van der Waals surface area (Å²) in [6.07, 6.45) is -0.725. The van der Waals surface area contributed by atoms with E-state index in [2.05, 4.69) is 24.3 Å². The number of fused-ring (bicyclic) bond motifs is 3. The van der Waals surface area contributed by atoms with Crippen LogP contribution in [0.1, 0.15) is 17.0 Å². The molecule has 18 heavy (non-hydrogen) atoms. The molecule has 1 aliphatic rings. The van der Waals surface area contributed by atoms with Crippen LogP contribution in [0.15, 0.2) is 48.5 Å². The van der Waals surface area contributed by atoms with Crippen molar-refractivity contribution >= 4 is 6.09 Å². The minimum Gasteiger partial charge on any atom is -0.449 e. The molecule has 0 spiro atoms. The first-order chi connectivity index (χ1) is 8.77. The lowest BCUT2D eigenvalue weighted by Crippen LogP contribution is -2.17. The van der Waals surface area contributed by atoms with Gasteiger partial charge in [0.2, 0.25) is 0 Å². The maximum Gasteiger partial charge on any atom is 0.404 e. The second-order valence-electron chi connectivity index (χ2n) is 4.36. The van der Waals surface area contributed by atoms with Crippen molar-refractivity contribution in [3.63, 3.8) is 0 Å². The highest BCUT2D eigenvalue weighted by molar-refractivity contribution is 5.79. The number of hydrogen-bond donors (Lipinski definition) is 1. The third kappa shape index (κ3) is 1.64. The molecule has 0 aromatic heterocycles. The number of primary amides is 1. The summed E-state index contributed by atoms with van der Waals surface area (Å²) in [6.45, 7) is 0.295. The summed E-state index contributed by atoms with van der Waals surface area (Å²) in [6, 6.07) is 16.4. The Bertz CT molecular complexity index is 561. The van der Waals surface area contributed by atoms with Gasteiger partial charge in [0.25, 0.3) is 0 Å². The van der Waals surface area contributed by atoms with E-state index in [1.807, 2.05) is 24.3 Å². The summed E-state index contributed by atoms with van der Waals surface area (Å²) in [5, 5.41) is 0. The van der Waals surface area contributed by atoms with Crippen LogP contribution in [-0.4, -0.2) is 12.7 Å². The molecule has 90 valence electrons. The van der Waals surface area contributed by atoms with Crippen LogP contribution in [0, 0.1) is 0 Å². The molecule has 0 atom stereocenters. The van der Waals surface area contributed by atoms with E-state index in [0.717, 1.165) is 0 Å². The van der Waals surface area contributed by atoms with Crippen molar-refractivity contribution in [1.82, 2.24) is 0 Å². The summed E-state index contributed by atoms with van der Waals surface area (Å²) in [5.41, 5.74) is 9.87. The van der Waals surface area contributed by atoms with Crippen LogP contribution in [0.25, 0.3) is 11.1 Å².